The van der Waals surface area contributed by atoms with Gasteiger partial charge in [-0.05, 0) is 77.5 Å². The first-order chi connectivity index (χ1) is 16.5. The highest BCUT2D eigenvalue weighted by atomic mass is 35.5. The number of pyridine rings is 1. The van der Waals surface area contributed by atoms with Crippen molar-refractivity contribution < 1.29 is 23.8 Å². The molecule has 0 saturated carbocycles. The van der Waals surface area contributed by atoms with Crippen LogP contribution in [0, 0.1) is 0 Å². The van der Waals surface area contributed by atoms with Crippen LogP contribution in [0.2, 0.25) is 5.02 Å². The molecule has 2 aromatic carbocycles. The molecule has 2 amide bonds. The minimum absolute atomic E-state index is 0.149. The Morgan fingerprint density at radius 3 is 2.50 bits per heavy atom. The molecule has 7 nitrogen and oxygen atoms in total. The summed E-state index contributed by atoms with van der Waals surface area (Å²) in [6, 6.07) is 16.0. The summed E-state index contributed by atoms with van der Waals surface area (Å²) in [5, 5.41) is 0.272. The van der Waals surface area contributed by atoms with Crippen LogP contribution in [-0.2, 0) is 11.4 Å². The normalized spacial score (nSPS) is 14.5. The topological polar surface area (TPSA) is 78.0 Å². The number of amides is 2. The number of aromatic nitrogens is 1. The van der Waals surface area contributed by atoms with Gasteiger partial charge in [0.1, 0.15) is 19.0 Å². The van der Waals surface area contributed by atoms with Gasteiger partial charge in [-0.25, -0.2) is 0 Å². The zero-order valence-electron chi connectivity index (χ0n) is 18.3. The van der Waals surface area contributed by atoms with Gasteiger partial charge in [0.15, 0.2) is 11.5 Å². The molecule has 0 N–H and O–H groups in total. The van der Waals surface area contributed by atoms with Crippen molar-refractivity contribution in [2.45, 2.75) is 6.61 Å². The summed E-state index contributed by atoms with van der Waals surface area (Å²) in [5.41, 5.74) is 1.70. The molecular formula is C25H21ClN2O5S. The molecular weight excluding hydrogens is 476 g/mol. The highest BCUT2D eigenvalue weighted by molar-refractivity contribution is 8.18. The van der Waals surface area contributed by atoms with Crippen molar-refractivity contribution in [1.29, 1.82) is 0 Å². The van der Waals surface area contributed by atoms with Crippen LogP contribution in [0.15, 0.2) is 71.9 Å². The maximum atomic E-state index is 12.8. The number of carbonyl (C=O) groups is 2. The number of hydrogen-bond acceptors (Lipinski definition) is 7. The predicted molar refractivity (Wildman–Crippen MR) is 131 cm³/mol. The van der Waals surface area contributed by atoms with Crippen molar-refractivity contribution in [2.24, 2.45) is 0 Å². The standard InChI is InChI=1S/C25H21ClN2O5S/c1-31-22-14-18(2-7-21(22)33-16-17-8-10-27-11-9-17)15-23-24(29)28(25(30)34-23)12-13-32-20-5-3-19(26)4-6-20/h2-11,14-15H,12-13,16H2,1H3/b23-15-. The van der Waals surface area contributed by atoms with Gasteiger partial charge in [0.05, 0.1) is 18.6 Å². The number of hydrogen-bond donors (Lipinski definition) is 0. The summed E-state index contributed by atoms with van der Waals surface area (Å²) in [6.07, 6.45) is 5.08. The summed E-state index contributed by atoms with van der Waals surface area (Å²) in [6.45, 7) is 0.704. The number of thioether (sulfide) groups is 1. The second kappa shape index (κ2) is 11.1. The third-order valence-corrected chi connectivity index (χ3v) is 6.06. The van der Waals surface area contributed by atoms with E-state index in [1.807, 2.05) is 18.2 Å². The third-order valence-electron chi connectivity index (χ3n) is 4.90. The molecule has 9 heteroatoms. The number of nitrogens with zero attached hydrogens (tertiary/aromatic N) is 2. The van der Waals surface area contributed by atoms with Crippen molar-refractivity contribution in [3.8, 4) is 17.2 Å². The molecule has 0 atom stereocenters. The number of imide groups is 1. The van der Waals surface area contributed by atoms with Crippen LogP contribution in [0.4, 0.5) is 4.79 Å². The highest BCUT2D eigenvalue weighted by Crippen LogP contribution is 2.34. The summed E-state index contributed by atoms with van der Waals surface area (Å²) >= 11 is 6.76. The molecule has 1 aliphatic heterocycles. The molecule has 34 heavy (non-hydrogen) atoms. The molecule has 3 aromatic rings. The molecule has 174 valence electrons. The van der Waals surface area contributed by atoms with E-state index in [9.17, 15) is 9.59 Å². The van der Waals surface area contributed by atoms with Crippen LogP contribution in [0.25, 0.3) is 6.08 Å². The Labute approximate surface area is 206 Å². The highest BCUT2D eigenvalue weighted by Gasteiger charge is 2.34. The van der Waals surface area contributed by atoms with E-state index in [1.165, 1.54) is 4.90 Å². The lowest BCUT2D eigenvalue weighted by molar-refractivity contribution is -0.123. The number of ether oxygens (including phenoxy) is 3. The van der Waals surface area contributed by atoms with E-state index in [0.29, 0.717) is 33.8 Å². The lowest BCUT2D eigenvalue weighted by atomic mass is 10.2. The maximum absolute atomic E-state index is 12.8. The third kappa shape index (κ3) is 5.89. The van der Waals surface area contributed by atoms with Crippen LogP contribution >= 0.6 is 23.4 Å². The Balaban J connectivity index is 1.39. The zero-order chi connectivity index (χ0) is 23.9. The molecule has 1 aromatic heterocycles. The molecule has 0 spiro atoms. The van der Waals surface area contributed by atoms with E-state index in [4.69, 9.17) is 25.8 Å². The number of benzene rings is 2. The molecule has 0 unspecified atom stereocenters. The average Bonchev–Trinajstić information content (AvgIpc) is 3.12. The van der Waals surface area contributed by atoms with Gasteiger partial charge < -0.3 is 14.2 Å². The summed E-state index contributed by atoms with van der Waals surface area (Å²) in [5.74, 6) is 1.36. The van der Waals surface area contributed by atoms with E-state index >= 15 is 0 Å². The first-order valence-electron chi connectivity index (χ1n) is 10.4. The Morgan fingerprint density at radius 1 is 1.00 bits per heavy atom. The Kier molecular flexibility index (Phi) is 7.72. The molecule has 0 bridgehead atoms. The van der Waals surface area contributed by atoms with Crippen LogP contribution in [0.5, 0.6) is 17.2 Å². The fourth-order valence-corrected chi connectivity index (χ4v) is 4.15. The first kappa shape index (κ1) is 23.7. The van der Waals surface area contributed by atoms with Crippen LogP contribution in [0.1, 0.15) is 11.1 Å². The van der Waals surface area contributed by atoms with Crippen molar-refractivity contribution in [3.63, 3.8) is 0 Å². The van der Waals surface area contributed by atoms with Crippen LogP contribution < -0.4 is 14.2 Å². The van der Waals surface area contributed by atoms with E-state index in [-0.39, 0.29) is 24.3 Å². The van der Waals surface area contributed by atoms with Crippen molar-refractivity contribution >= 4 is 40.6 Å². The smallest absolute Gasteiger partial charge is 0.293 e. The minimum Gasteiger partial charge on any atom is -0.493 e. The van der Waals surface area contributed by atoms with Gasteiger partial charge in [-0.3, -0.25) is 19.5 Å². The predicted octanol–water partition coefficient (Wildman–Crippen LogP) is 5.44. The van der Waals surface area contributed by atoms with Gasteiger partial charge in [0.2, 0.25) is 0 Å². The summed E-state index contributed by atoms with van der Waals surface area (Å²) < 4.78 is 16.9. The Hall–Kier alpha value is -3.49. The number of rotatable bonds is 9. The van der Waals surface area contributed by atoms with Crippen molar-refractivity contribution in [1.82, 2.24) is 9.88 Å². The number of carbonyl (C=O) groups excluding carboxylic acids is 2. The van der Waals surface area contributed by atoms with Gasteiger partial charge in [-0.15, -0.1) is 0 Å². The fraction of sp³-hybridized carbons (Fsp3) is 0.160. The molecule has 1 saturated heterocycles. The minimum atomic E-state index is -0.355. The van der Waals surface area contributed by atoms with E-state index in [0.717, 1.165) is 22.9 Å². The van der Waals surface area contributed by atoms with E-state index in [2.05, 4.69) is 4.98 Å². The quantitative estimate of drug-likeness (QED) is 0.365. The summed E-state index contributed by atoms with van der Waals surface area (Å²) in [7, 11) is 1.55. The van der Waals surface area contributed by atoms with E-state index < -0.39 is 0 Å². The van der Waals surface area contributed by atoms with Crippen molar-refractivity contribution in [2.75, 3.05) is 20.3 Å². The molecule has 0 radical (unpaired) electrons. The van der Waals surface area contributed by atoms with E-state index in [1.54, 1.807) is 62.0 Å². The zero-order valence-corrected chi connectivity index (χ0v) is 19.8. The van der Waals surface area contributed by atoms with Gasteiger partial charge >= 0.3 is 0 Å². The Morgan fingerprint density at radius 2 is 1.76 bits per heavy atom. The van der Waals surface area contributed by atoms with Crippen LogP contribution in [0.3, 0.4) is 0 Å². The van der Waals surface area contributed by atoms with Gasteiger partial charge in [-0.1, -0.05) is 17.7 Å². The molecule has 1 aliphatic rings. The lowest BCUT2D eigenvalue weighted by Crippen LogP contribution is -2.32. The van der Waals surface area contributed by atoms with Crippen LogP contribution in [-0.4, -0.2) is 41.3 Å². The molecule has 4 rings (SSSR count). The fourth-order valence-electron chi connectivity index (χ4n) is 3.16. The monoisotopic (exact) mass is 496 g/mol. The number of halogens is 1. The number of methoxy groups -OCH3 is 1. The largest absolute Gasteiger partial charge is 0.493 e. The summed E-state index contributed by atoms with van der Waals surface area (Å²) in [4.78, 5) is 30.6. The average molecular weight is 497 g/mol. The SMILES string of the molecule is COc1cc(/C=C2\SC(=O)N(CCOc3ccc(Cl)cc3)C2=O)ccc1OCc1ccncc1. The molecule has 2 heterocycles. The first-order valence-corrected chi connectivity index (χ1v) is 11.6. The van der Waals surface area contributed by atoms with Gasteiger partial charge in [0, 0.05) is 17.4 Å². The van der Waals surface area contributed by atoms with Gasteiger partial charge in [0.25, 0.3) is 11.1 Å². The Bertz CT molecular complexity index is 1200. The molecule has 0 aliphatic carbocycles. The van der Waals surface area contributed by atoms with Crippen molar-refractivity contribution in [3.05, 3.63) is 88.0 Å². The lowest BCUT2D eigenvalue weighted by Gasteiger charge is -2.13. The second-order valence-electron chi connectivity index (χ2n) is 7.19. The second-order valence-corrected chi connectivity index (χ2v) is 8.62. The maximum Gasteiger partial charge on any atom is 0.293 e. The molecule has 1 fully saturated rings. The van der Waals surface area contributed by atoms with Gasteiger partial charge in [-0.2, -0.15) is 0 Å².